The second-order valence-electron chi connectivity index (χ2n) is 5.58. The summed E-state index contributed by atoms with van der Waals surface area (Å²) < 4.78 is 16.9. The smallest absolute Gasteiger partial charge is 0.265 e. The van der Waals surface area contributed by atoms with Crippen LogP contribution in [0.4, 0.5) is 11.4 Å². The molecule has 0 bridgehead atoms. The number of rotatable bonds is 5. The molecular formula is C18H18N2O4S. The summed E-state index contributed by atoms with van der Waals surface area (Å²) in [6, 6.07) is 14.2. The Balaban J connectivity index is 1.64. The largest absolute Gasteiger partial charge is 0.482 e. The van der Waals surface area contributed by atoms with E-state index in [0.29, 0.717) is 22.0 Å². The van der Waals surface area contributed by atoms with Crippen LogP contribution >= 0.6 is 0 Å². The molecule has 0 aliphatic carbocycles. The number of nitrogens with one attached hydrogen (secondary N) is 1. The van der Waals surface area contributed by atoms with Gasteiger partial charge in [-0.2, -0.15) is 0 Å². The van der Waals surface area contributed by atoms with Crippen molar-refractivity contribution in [2.24, 2.45) is 0 Å². The van der Waals surface area contributed by atoms with Crippen LogP contribution in [0.1, 0.15) is 6.42 Å². The van der Waals surface area contributed by atoms with Crippen LogP contribution < -0.4 is 15.0 Å². The maximum absolute atomic E-state index is 12.2. The second-order valence-corrected chi connectivity index (χ2v) is 6.96. The van der Waals surface area contributed by atoms with Gasteiger partial charge in [-0.15, -0.1) is 0 Å². The Labute approximate surface area is 148 Å². The van der Waals surface area contributed by atoms with Crippen molar-refractivity contribution >= 4 is 34.0 Å². The van der Waals surface area contributed by atoms with Crippen molar-refractivity contribution in [1.82, 2.24) is 0 Å². The lowest BCUT2D eigenvalue weighted by Gasteiger charge is -2.29. The highest BCUT2D eigenvalue weighted by molar-refractivity contribution is 7.84. The molecule has 0 aromatic heterocycles. The monoisotopic (exact) mass is 358 g/mol. The maximum atomic E-state index is 12.2. The van der Waals surface area contributed by atoms with E-state index in [1.807, 2.05) is 12.1 Å². The molecule has 7 heteroatoms. The molecule has 1 heterocycles. The molecule has 0 spiro atoms. The van der Waals surface area contributed by atoms with E-state index < -0.39 is 10.8 Å². The number of carbonyl (C=O) groups is 2. The molecule has 3 rings (SSSR count). The zero-order chi connectivity index (χ0) is 17.8. The number of fused-ring (bicyclic) bond motifs is 1. The van der Waals surface area contributed by atoms with Crippen LogP contribution in [-0.4, -0.2) is 35.4 Å². The summed E-state index contributed by atoms with van der Waals surface area (Å²) in [4.78, 5) is 26.5. The summed E-state index contributed by atoms with van der Waals surface area (Å²) in [7, 11) is -1.11. The van der Waals surface area contributed by atoms with Gasteiger partial charge in [-0.3, -0.25) is 13.8 Å². The number of para-hydroxylation sites is 2. The highest BCUT2D eigenvalue weighted by Gasteiger charge is 2.25. The van der Waals surface area contributed by atoms with E-state index >= 15 is 0 Å². The van der Waals surface area contributed by atoms with Gasteiger partial charge in [0.05, 0.1) is 5.69 Å². The van der Waals surface area contributed by atoms with Crippen LogP contribution in [0.5, 0.6) is 5.75 Å². The molecule has 0 saturated carbocycles. The van der Waals surface area contributed by atoms with Crippen LogP contribution in [0.25, 0.3) is 0 Å². The van der Waals surface area contributed by atoms with Gasteiger partial charge in [-0.05, 0) is 30.3 Å². The Kier molecular flexibility index (Phi) is 5.14. The molecule has 25 heavy (non-hydrogen) atoms. The Hall–Kier alpha value is -2.67. The van der Waals surface area contributed by atoms with Gasteiger partial charge in [0.25, 0.3) is 5.91 Å². The molecule has 6 nitrogen and oxygen atoms in total. The van der Waals surface area contributed by atoms with Crippen molar-refractivity contribution in [2.45, 2.75) is 11.3 Å². The van der Waals surface area contributed by atoms with Crippen molar-refractivity contribution in [1.29, 1.82) is 0 Å². The fraction of sp³-hybridized carbons (Fsp3) is 0.222. The SMILES string of the molecule is CS(=O)c1cccc(NC(=O)CCN2C(=O)COc3ccccc32)c1. The Morgan fingerprint density at radius 1 is 1.24 bits per heavy atom. The summed E-state index contributed by atoms with van der Waals surface area (Å²) in [6.07, 6.45) is 1.74. The number of ether oxygens (including phenoxy) is 1. The highest BCUT2D eigenvalue weighted by Crippen LogP contribution is 2.31. The van der Waals surface area contributed by atoms with Gasteiger partial charge in [0.15, 0.2) is 6.61 Å². The van der Waals surface area contributed by atoms with Crippen molar-refractivity contribution in [3.63, 3.8) is 0 Å². The third kappa shape index (κ3) is 4.06. The molecule has 0 fully saturated rings. The Morgan fingerprint density at radius 2 is 2.04 bits per heavy atom. The third-order valence-electron chi connectivity index (χ3n) is 3.82. The normalized spacial score (nSPS) is 14.4. The first-order valence-corrected chi connectivity index (χ1v) is 9.36. The van der Waals surface area contributed by atoms with Gasteiger partial charge in [0.2, 0.25) is 5.91 Å². The quantitative estimate of drug-likeness (QED) is 0.889. The van der Waals surface area contributed by atoms with Crippen LogP contribution in [-0.2, 0) is 20.4 Å². The minimum absolute atomic E-state index is 0.0248. The summed E-state index contributed by atoms with van der Waals surface area (Å²) in [6.45, 7) is 0.243. The lowest BCUT2D eigenvalue weighted by Crippen LogP contribution is -2.40. The fourth-order valence-electron chi connectivity index (χ4n) is 2.59. The molecule has 1 N–H and O–H groups in total. The minimum atomic E-state index is -1.11. The van der Waals surface area contributed by atoms with Gasteiger partial charge in [-0.25, -0.2) is 0 Å². The van der Waals surface area contributed by atoms with Crippen molar-refractivity contribution in [2.75, 3.05) is 29.6 Å². The van der Waals surface area contributed by atoms with E-state index in [2.05, 4.69) is 5.32 Å². The average molecular weight is 358 g/mol. The molecule has 1 atom stereocenters. The second kappa shape index (κ2) is 7.48. The van der Waals surface area contributed by atoms with E-state index in [4.69, 9.17) is 4.74 Å². The summed E-state index contributed by atoms with van der Waals surface area (Å²) >= 11 is 0. The summed E-state index contributed by atoms with van der Waals surface area (Å²) in [5.74, 6) is 0.256. The molecule has 1 unspecified atom stereocenters. The third-order valence-corrected chi connectivity index (χ3v) is 4.74. The summed E-state index contributed by atoms with van der Waals surface area (Å²) in [5.41, 5.74) is 1.27. The Bertz CT molecular complexity index is 837. The average Bonchev–Trinajstić information content (AvgIpc) is 2.61. The number of anilines is 2. The number of nitrogens with zero attached hydrogens (tertiary/aromatic N) is 1. The number of hydrogen-bond donors (Lipinski definition) is 1. The Morgan fingerprint density at radius 3 is 2.84 bits per heavy atom. The van der Waals surface area contributed by atoms with E-state index in [9.17, 15) is 13.8 Å². The first kappa shape index (κ1) is 17.2. The minimum Gasteiger partial charge on any atom is -0.482 e. The van der Waals surface area contributed by atoms with E-state index in [1.54, 1.807) is 47.6 Å². The molecule has 2 aromatic rings. The van der Waals surface area contributed by atoms with Crippen LogP contribution in [0.15, 0.2) is 53.4 Å². The van der Waals surface area contributed by atoms with E-state index in [1.165, 1.54) is 0 Å². The number of amides is 2. The first-order chi connectivity index (χ1) is 12.0. The van der Waals surface area contributed by atoms with Crippen molar-refractivity contribution in [3.05, 3.63) is 48.5 Å². The zero-order valence-electron chi connectivity index (χ0n) is 13.7. The molecule has 0 saturated heterocycles. The molecule has 130 valence electrons. The van der Waals surface area contributed by atoms with E-state index in [0.717, 1.165) is 0 Å². The van der Waals surface area contributed by atoms with E-state index in [-0.39, 0.29) is 31.4 Å². The van der Waals surface area contributed by atoms with Crippen molar-refractivity contribution < 1.29 is 18.5 Å². The van der Waals surface area contributed by atoms with Crippen LogP contribution in [0, 0.1) is 0 Å². The van der Waals surface area contributed by atoms with Gasteiger partial charge < -0.3 is 15.0 Å². The molecule has 0 radical (unpaired) electrons. The molecule has 1 aliphatic rings. The molecule has 2 aromatic carbocycles. The molecule has 1 aliphatic heterocycles. The zero-order valence-corrected chi connectivity index (χ0v) is 14.5. The van der Waals surface area contributed by atoms with Gasteiger partial charge >= 0.3 is 0 Å². The fourth-order valence-corrected chi connectivity index (χ4v) is 3.15. The first-order valence-electron chi connectivity index (χ1n) is 7.80. The van der Waals surface area contributed by atoms with Gasteiger partial charge in [0.1, 0.15) is 5.75 Å². The lowest BCUT2D eigenvalue weighted by atomic mass is 10.2. The van der Waals surface area contributed by atoms with Gasteiger partial charge in [-0.1, -0.05) is 18.2 Å². The number of benzene rings is 2. The highest BCUT2D eigenvalue weighted by atomic mass is 32.2. The topological polar surface area (TPSA) is 75.7 Å². The lowest BCUT2D eigenvalue weighted by molar-refractivity contribution is -0.121. The number of carbonyl (C=O) groups excluding carboxylic acids is 2. The standard InChI is InChI=1S/C18H18N2O4S/c1-25(23)14-6-4-5-13(11-14)19-17(21)9-10-20-15-7-2-3-8-16(15)24-12-18(20)22/h2-8,11H,9-10,12H2,1H3,(H,19,21). The predicted molar refractivity (Wildman–Crippen MR) is 96.3 cm³/mol. The van der Waals surface area contributed by atoms with Crippen molar-refractivity contribution in [3.8, 4) is 5.75 Å². The molecule has 2 amide bonds. The maximum Gasteiger partial charge on any atom is 0.265 e. The number of hydrogen-bond acceptors (Lipinski definition) is 4. The van der Waals surface area contributed by atoms with Crippen LogP contribution in [0.3, 0.4) is 0 Å². The summed E-state index contributed by atoms with van der Waals surface area (Å²) in [5, 5.41) is 2.77. The van der Waals surface area contributed by atoms with Crippen LogP contribution in [0.2, 0.25) is 0 Å². The predicted octanol–water partition coefficient (Wildman–Crippen LogP) is 2.18. The van der Waals surface area contributed by atoms with Gasteiger partial charge in [0, 0.05) is 40.6 Å². The molecular weight excluding hydrogens is 340 g/mol.